The van der Waals surface area contributed by atoms with Gasteiger partial charge in [0, 0.05) is 19.6 Å². The zero-order chi connectivity index (χ0) is 14.2. The van der Waals surface area contributed by atoms with E-state index in [4.69, 9.17) is 0 Å². The van der Waals surface area contributed by atoms with Crippen molar-refractivity contribution in [1.29, 1.82) is 0 Å². The van der Waals surface area contributed by atoms with Crippen molar-refractivity contribution in [3.63, 3.8) is 0 Å². The van der Waals surface area contributed by atoms with Crippen molar-refractivity contribution < 1.29 is 13.2 Å². The van der Waals surface area contributed by atoms with Crippen LogP contribution in [0.5, 0.6) is 0 Å². The molecule has 8 heteroatoms. The molecule has 1 saturated heterocycles. The summed E-state index contributed by atoms with van der Waals surface area (Å²) in [4.78, 5) is 9.43. The monoisotopic (exact) mass is 320 g/mol. The van der Waals surface area contributed by atoms with E-state index < -0.39 is 11.7 Å². The fourth-order valence-corrected chi connectivity index (χ4v) is 2.38. The average Bonchev–Trinajstić information content (AvgIpc) is 2.63. The quantitative estimate of drug-likeness (QED) is 0.849. The number of alkyl halides is 3. The Kier molecular flexibility index (Phi) is 4.63. The molecule has 0 amide bonds. The number of imidazole rings is 1. The van der Waals surface area contributed by atoms with Crippen LogP contribution in [0.15, 0.2) is 18.2 Å². The van der Waals surface area contributed by atoms with Crippen molar-refractivity contribution >= 4 is 29.4 Å². The maximum Gasteiger partial charge on any atom is 0.416 e. The lowest BCUT2D eigenvalue weighted by molar-refractivity contribution is -0.137. The summed E-state index contributed by atoms with van der Waals surface area (Å²) in [5.41, 5.74) is 0.329. The zero-order valence-electron chi connectivity index (χ0n) is 11.2. The zero-order valence-corrected chi connectivity index (χ0v) is 12.0. The lowest BCUT2D eigenvalue weighted by Gasteiger charge is -2.18. The van der Waals surface area contributed by atoms with Crippen LogP contribution >= 0.6 is 12.4 Å². The molecule has 4 nitrogen and oxygen atoms in total. The van der Waals surface area contributed by atoms with Crippen LogP contribution in [0.2, 0.25) is 0 Å². The van der Waals surface area contributed by atoms with Crippen molar-refractivity contribution in [1.82, 2.24) is 15.3 Å². The van der Waals surface area contributed by atoms with E-state index >= 15 is 0 Å². The summed E-state index contributed by atoms with van der Waals surface area (Å²) in [5, 5.41) is 3.28. The molecule has 0 spiro atoms. The second-order valence-corrected chi connectivity index (χ2v) is 4.88. The highest BCUT2D eigenvalue weighted by atomic mass is 35.5. The van der Waals surface area contributed by atoms with Crippen LogP contribution in [0.25, 0.3) is 11.0 Å². The number of fused-ring (bicyclic) bond motifs is 1. The maximum atomic E-state index is 12.7. The van der Waals surface area contributed by atoms with E-state index in [1.165, 1.54) is 6.07 Å². The lowest BCUT2D eigenvalue weighted by atomic mass is 10.2. The molecule has 1 fully saturated rings. The van der Waals surface area contributed by atoms with E-state index in [0.29, 0.717) is 17.0 Å². The summed E-state index contributed by atoms with van der Waals surface area (Å²) in [6.45, 7) is 3.45. The minimum absolute atomic E-state index is 0. The SMILES string of the molecule is Cl.FC(F)(F)c1ccc2nc(N3CCCNCC3)[nH]c2c1. The molecule has 0 atom stereocenters. The first-order valence-electron chi connectivity index (χ1n) is 6.57. The van der Waals surface area contributed by atoms with E-state index in [9.17, 15) is 13.2 Å². The number of H-pyrrole nitrogens is 1. The maximum absolute atomic E-state index is 12.7. The topological polar surface area (TPSA) is 44.0 Å². The van der Waals surface area contributed by atoms with Gasteiger partial charge >= 0.3 is 6.18 Å². The van der Waals surface area contributed by atoms with Crippen molar-refractivity contribution in [3.8, 4) is 0 Å². The van der Waals surface area contributed by atoms with Crippen LogP contribution in [-0.4, -0.2) is 36.1 Å². The Morgan fingerprint density at radius 2 is 1.95 bits per heavy atom. The number of anilines is 1. The van der Waals surface area contributed by atoms with Gasteiger partial charge in [-0.25, -0.2) is 4.98 Å². The molecule has 0 radical (unpaired) electrons. The van der Waals surface area contributed by atoms with Crippen molar-refractivity contribution in [2.75, 3.05) is 31.1 Å². The highest BCUT2D eigenvalue weighted by molar-refractivity contribution is 5.85. The third kappa shape index (κ3) is 3.41. The molecular weight excluding hydrogens is 305 g/mol. The molecule has 0 aliphatic carbocycles. The molecule has 1 aliphatic rings. The molecular formula is C13H16ClF3N4. The van der Waals surface area contributed by atoms with Crippen LogP contribution in [0.4, 0.5) is 19.1 Å². The van der Waals surface area contributed by atoms with E-state index in [2.05, 4.69) is 20.2 Å². The Morgan fingerprint density at radius 1 is 1.14 bits per heavy atom. The highest BCUT2D eigenvalue weighted by Gasteiger charge is 2.30. The number of hydrogen-bond acceptors (Lipinski definition) is 3. The Balaban J connectivity index is 0.00000161. The first-order chi connectivity index (χ1) is 9.54. The molecule has 1 aromatic carbocycles. The Labute approximate surface area is 126 Å². The molecule has 0 unspecified atom stereocenters. The molecule has 0 bridgehead atoms. The minimum atomic E-state index is -4.33. The predicted molar refractivity (Wildman–Crippen MR) is 78.0 cm³/mol. The van der Waals surface area contributed by atoms with E-state index in [0.717, 1.165) is 44.7 Å². The van der Waals surface area contributed by atoms with Gasteiger partial charge in [-0.1, -0.05) is 0 Å². The van der Waals surface area contributed by atoms with Gasteiger partial charge in [0.15, 0.2) is 0 Å². The number of benzene rings is 1. The third-order valence-corrected chi connectivity index (χ3v) is 3.44. The second kappa shape index (κ2) is 6.11. The van der Waals surface area contributed by atoms with Gasteiger partial charge < -0.3 is 15.2 Å². The smallest absolute Gasteiger partial charge is 0.341 e. The predicted octanol–water partition coefficient (Wildman–Crippen LogP) is 2.80. The number of rotatable bonds is 1. The lowest BCUT2D eigenvalue weighted by Crippen LogP contribution is -2.28. The largest absolute Gasteiger partial charge is 0.416 e. The summed E-state index contributed by atoms with van der Waals surface area (Å²) < 4.78 is 38.0. The molecule has 0 saturated carbocycles. The van der Waals surface area contributed by atoms with Crippen LogP contribution in [0.3, 0.4) is 0 Å². The molecule has 21 heavy (non-hydrogen) atoms. The summed E-state index contributed by atoms with van der Waals surface area (Å²) in [6.07, 6.45) is -3.34. The van der Waals surface area contributed by atoms with E-state index in [1.54, 1.807) is 0 Å². The van der Waals surface area contributed by atoms with Gasteiger partial charge in [0.05, 0.1) is 16.6 Å². The second-order valence-electron chi connectivity index (χ2n) is 4.88. The molecule has 116 valence electrons. The van der Waals surface area contributed by atoms with Gasteiger partial charge in [0.25, 0.3) is 0 Å². The Hall–Kier alpha value is -1.47. The normalized spacial score (nSPS) is 16.6. The van der Waals surface area contributed by atoms with Gasteiger partial charge in [0.1, 0.15) is 0 Å². The third-order valence-electron chi connectivity index (χ3n) is 3.44. The van der Waals surface area contributed by atoms with Crippen molar-refractivity contribution in [3.05, 3.63) is 23.8 Å². The van der Waals surface area contributed by atoms with Crippen LogP contribution in [0.1, 0.15) is 12.0 Å². The van der Waals surface area contributed by atoms with Gasteiger partial charge in [-0.2, -0.15) is 13.2 Å². The molecule has 2 N–H and O–H groups in total. The summed E-state index contributed by atoms with van der Waals surface area (Å²) in [6, 6.07) is 3.59. The minimum Gasteiger partial charge on any atom is -0.341 e. The fourth-order valence-electron chi connectivity index (χ4n) is 2.38. The standard InChI is InChI=1S/C13H15F3N4.ClH/c14-13(15,16)9-2-3-10-11(8-9)19-12(18-10)20-6-1-4-17-5-7-20;/h2-3,8,17H,1,4-7H2,(H,18,19);1H. The van der Waals surface area contributed by atoms with Gasteiger partial charge in [0.2, 0.25) is 5.95 Å². The molecule has 1 aromatic heterocycles. The molecule has 1 aliphatic heterocycles. The van der Waals surface area contributed by atoms with Gasteiger partial charge in [-0.05, 0) is 31.2 Å². The highest BCUT2D eigenvalue weighted by Crippen LogP contribution is 2.31. The van der Waals surface area contributed by atoms with Crippen molar-refractivity contribution in [2.45, 2.75) is 12.6 Å². The molecule has 3 rings (SSSR count). The van der Waals surface area contributed by atoms with Crippen LogP contribution in [0, 0.1) is 0 Å². The van der Waals surface area contributed by atoms with Gasteiger partial charge in [-0.3, -0.25) is 0 Å². The molecule has 2 heterocycles. The fraction of sp³-hybridized carbons (Fsp3) is 0.462. The number of aromatic amines is 1. The number of halogens is 4. The van der Waals surface area contributed by atoms with Gasteiger partial charge in [-0.15, -0.1) is 12.4 Å². The Morgan fingerprint density at radius 3 is 2.71 bits per heavy atom. The van der Waals surface area contributed by atoms with Crippen LogP contribution < -0.4 is 10.2 Å². The van der Waals surface area contributed by atoms with E-state index in [1.807, 2.05) is 0 Å². The Bertz CT molecular complexity index is 603. The number of hydrogen-bond donors (Lipinski definition) is 2. The summed E-state index contributed by atoms with van der Waals surface area (Å²) in [5.74, 6) is 0.642. The van der Waals surface area contributed by atoms with Crippen LogP contribution in [-0.2, 0) is 6.18 Å². The van der Waals surface area contributed by atoms with E-state index in [-0.39, 0.29) is 12.4 Å². The number of nitrogens with zero attached hydrogens (tertiary/aromatic N) is 2. The number of nitrogens with one attached hydrogen (secondary N) is 2. The average molecular weight is 321 g/mol. The molecule has 2 aromatic rings. The summed E-state index contributed by atoms with van der Waals surface area (Å²) in [7, 11) is 0. The summed E-state index contributed by atoms with van der Waals surface area (Å²) >= 11 is 0. The van der Waals surface area contributed by atoms with Crippen molar-refractivity contribution in [2.24, 2.45) is 0 Å². The first kappa shape index (κ1) is 15.9. The first-order valence-corrected chi connectivity index (χ1v) is 6.57. The number of aromatic nitrogens is 2.